The molecule has 2 N–H and O–H groups in total. The predicted molar refractivity (Wildman–Crippen MR) is 96.6 cm³/mol. The van der Waals surface area contributed by atoms with Crippen LogP contribution in [0.5, 0.6) is 0 Å². The summed E-state index contributed by atoms with van der Waals surface area (Å²) >= 11 is 0. The zero-order valence-electron chi connectivity index (χ0n) is 14.0. The second kappa shape index (κ2) is 6.83. The highest BCUT2D eigenvalue weighted by molar-refractivity contribution is 5.94. The Balaban J connectivity index is 1.59. The quantitative estimate of drug-likeness (QED) is 0.581. The van der Waals surface area contributed by atoms with Crippen LogP contribution < -0.4 is 10.9 Å². The van der Waals surface area contributed by atoms with E-state index in [0.717, 1.165) is 0 Å². The smallest absolute Gasteiger partial charge is 0.272 e. The number of hydrogen-bond donors (Lipinski definition) is 2. The maximum atomic E-state index is 13.7. The Morgan fingerprint density at radius 2 is 1.96 bits per heavy atom. The fourth-order valence-electron chi connectivity index (χ4n) is 2.70. The molecule has 0 aliphatic carbocycles. The molecular weight excluding hydrogens is 349 g/mol. The van der Waals surface area contributed by atoms with Gasteiger partial charge in [-0.1, -0.05) is 18.2 Å². The molecule has 4 aromatic rings. The van der Waals surface area contributed by atoms with Gasteiger partial charge in [0.05, 0.1) is 29.2 Å². The highest BCUT2D eigenvalue weighted by Crippen LogP contribution is 2.15. The van der Waals surface area contributed by atoms with Gasteiger partial charge in [-0.2, -0.15) is 0 Å². The van der Waals surface area contributed by atoms with E-state index < -0.39 is 11.7 Å². The number of fused-ring (bicyclic) bond motifs is 1. The van der Waals surface area contributed by atoms with E-state index in [1.165, 1.54) is 28.8 Å². The summed E-state index contributed by atoms with van der Waals surface area (Å²) in [4.78, 5) is 33.0. The Bertz CT molecular complexity index is 1180. The number of carbonyl (C=O) groups excluding carboxylic acids is 1. The van der Waals surface area contributed by atoms with Crippen molar-refractivity contribution in [3.8, 4) is 11.4 Å². The number of pyridine rings is 1. The molecule has 27 heavy (non-hydrogen) atoms. The van der Waals surface area contributed by atoms with Crippen molar-refractivity contribution in [2.75, 3.05) is 0 Å². The lowest BCUT2D eigenvalue weighted by atomic mass is 10.2. The largest absolute Gasteiger partial charge is 0.346 e. The molecule has 0 bridgehead atoms. The number of H-pyrrole nitrogens is 1. The fraction of sp³-hybridized carbons (Fsp3) is 0.0526. The highest BCUT2D eigenvalue weighted by atomic mass is 19.1. The molecule has 0 saturated heterocycles. The predicted octanol–water partition coefficient (Wildman–Crippen LogP) is 2.15. The van der Waals surface area contributed by atoms with Crippen molar-refractivity contribution in [3.05, 3.63) is 88.2 Å². The molecular formula is C19H14FN5O2. The third-order valence-electron chi connectivity index (χ3n) is 3.99. The van der Waals surface area contributed by atoms with Crippen LogP contribution in [0.15, 0.2) is 65.6 Å². The SMILES string of the molecule is O=C(NCc1cc(=O)n2[nH]c(-c3ccccn3)cc2n1)c1ccccc1F. The van der Waals surface area contributed by atoms with Crippen molar-refractivity contribution in [3.63, 3.8) is 0 Å². The molecule has 0 fully saturated rings. The molecule has 0 aliphatic rings. The van der Waals surface area contributed by atoms with Crippen molar-refractivity contribution in [2.24, 2.45) is 0 Å². The Hall–Kier alpha value is -3.81. The molecule has 4 rings (SSSR count). The van der Waals surface area contributed by atoms with Crippen molar-refractivity contribution in [1.82, 2.24) is 24.9 Å². The summed E-state index contributed by atoms with van der Waals surface area (Å²) in [5, 5.41) is 5.52. The van der Waals surface area contributed by atoms with Gasteiger partial charge in [-0.05, 0) is 24.3 Å². The maximum Gasteiger partial charge on any atom is 0.272 e. The Kier molecular flexibility index (Phi) is 4.21. The van der Waals surface area contributed by atoms with Crippen LogP contribution >= 0.6 is 0 Å². The minimum Gasteiger partial charge on any atom is -0.346 e. The number of rotatable bonds is 4. The number of aromatic amines is 1. The number of nitrogens with zero attached hydrogens (tertiary/aromatic N) is 3. The van der Waals surface area contributed by atoms with Gasteiger partial charge in [0.25, 0.3) is 11.5 Å². The van der Waals surface area contributed by atoms with Crippen LogP contribution in [0, 0.1) is 5.82 Å². The minimum absolute atomic E-state index is 0.00298. The van der Waals surface area contributed by atoms with Gasteiger partial charge in [-0.3, -0.25) is 19.7 Å². The van der Waals surface area contributed by atoms with Crippen LogP contribution in [-0.2, 0) is 6.54 Å². The van der Waals surface area contributed by atoms with Crippen molar-refractivity contribution < 1.29 is 9.18 Å². The maximum absolute atomic E-state index is 13.7. The molecule has 134 valence electrons. The normalized spacial score (nSPS) is 10.9. The summed E-state index contributed by atoms with van der Waals surface area (Å²) in [6.45, 7) is 0.00298. The molecule has 3 heterocycles. The van der Waals surface area contributed by atoms with E-state index in [2.05, 4.69) is 20.4 Å². The molecule has 1 aromatic carbocycles. The number of halogens is 1. The van der Waals surface area contributed by atoms with Crippen LogP contribution in [0.2, 0.25) is 0 Å². The lowest BCUT2D eigenvalue weighted by molar-refractivity contribution is 0.0946. The molecule has 8 heteroatoms. The average molecular weight is 363 g/mol. The van der Waals surface area contributed by atoms with E-state index in [0.29, 0.717) is 22.7 Å². The minimum atomic E-state index is -0.607. The molecule has 0 saturated carbocycles. The molecule has 0 atom stereocenters. The van der Waals surface area contributed by atoms with E-state index in [9.17, 15) is 14.0 Å². The van der Waals surface area contributed by atoms with E-state index in [-0.39, 0.29) is 17.7 Å². The number of carbonyl (C=O) groups is 1. The monoisotopic (exact) mass is 363 g/mol. The molecule has 3 aromatic heterocycles. The third kappa shape index (κ3) is 3.32. The lowest BCUT2D eigenvalue weighted by Gasteiger charge is -2.05. The molecule has 0 unspecified atom stereocenters. The standard InChI is InChI=1S/C19H14FN5O2/c20-14-6-2-1-5-13(14)19(27)22-11-12-9-18(26)25-17(23-12)10-16(24-25)15-7-3-4-8-21-15/h1-10,24H,11H2,(H,22,27). The van der Waals surface area contributed by atoms with Gasteiger partial charge in [0.2, 0.25) is 0 Å². The summed E-state index contributed by atoms with van der Waals surface area (Å²) < 4.78 is 15.0. The molecule has 1 amide bonds. The average Bonchev–Trinajstić information content (AvgIpc) is 3.12. The summed E-state index contributed by atoms with van der Waals surface area (Å²) in [7, 11) is 0. The first kappa shape index (κ1) is 16.6. The summed E-state index contributed by atoms with van der Waals surface area (Å²) in [6, 6.07) is 14.2. The summed E-state index contributed by atoms with van der Waals surface area (Å²) in [5.41, 5.74) is 1.71. The van der Waals surface area contributed by atoms with Crippen LogP contribution in [-0.4, -0.2) is 25.5 Å². The molecule has 0 spiro atoms. The van der Waals surface area contributed by atoms with Gasteiger partial charge in [0.1, 0.15) is 5.82 Å². The van der Waals surface area contributed by atoms with Crippen LogP contribution in [0.1, 0.15) is 16.1 Å². The van der Waals surface area contributed by atoms with Crippen molar-refractivity contribution >= 4 is 11.6 Å². The first-order valence-electron chi connectivity index (χ1n) is 8.17. The van der Waals surface area contributed by atoms with Crippen LogP contribution in [0.4, 0.5) is 4.39 Å². The van der Waals surface area contributed by atoms with E-state index in [1.807, 2.05) is 12.1 Å². The van der Waals surface area contributed by atoms with Crippen LogP contribution in [0.25, 0.3) is 17.0 Å². The lowest BCUT2D eigenvalue weighted by Crippen LogP contribution is -2.26. The molecule has 7 nitrogen and oxygen atoms in total. The number of hydrogen-bond acceptors (Lipinski definition) is 4. The zero-order chi connectivity index (χ0) is 18.8. The van der Waals surface area contributed by atoms with E-state index in [4.69, 9.17) is 0 Å². The second-order valence-corrected chi connectivity index (χ2v) is 5.83. The third-order valence-corrected chi connectivity index (χ3v) is 3.99. The van der Waals surface area contributed by atoms with Gasteiger partial charge < -0.3 is 5.32 Å². The molecule has 0 aliphatic heterocycles. The van der Waals surface area contributed by atoms with Gasteiger partial charge in [0.15, 0.2) is 5.65 Å². The van der Waals surface area contributed by atoms with Gasteiger partial charge in [0, 0.05) is 18.3 Å². The number of amides is 1. The van der Waals surface area contributed by atoms with E-state index in [1.54, 1.807) is 24.4 Å². The number of aromatic nitrogens is 4. The van der Waals surface area contributed by atoms with Crippen LogP contribution in [0.3, 0.4) is 0 Å². The Labute approximate surface area is 152 Å². The summed E-state index contributed by atoms with van der Waals surface area (Å²) in [5.74, 6) is -1.18. The van der Waals surface area contributed by atoms with Crippen molar-refractivity contribution in [1.29, 1.82) is 0 Å². The summed E-state index contributed by atoms with van der Waals surface area (Å²) in [6.07, 6.45) is 1.65. The Morgan fingerprint density at radius 1 is 1.15 bits per heavy atom. The van der Waals surface area contributed by atoms with Gasteiger partial charge in [-0.25, -0.2) is 13.9 Å². The van der Waals surface area contributed by atoms with E-state index >= 15 is 0 Å². The number of benzene rings is 1. The van der Waals surface area contributed by atoms with Gasteiger partial charge >= 0.3 is 0 Å². The number of nitrogens with one attached hydrogen (secondary N) is 2. The fourth-order valence-corrected chi connectivity index (χ4v) is 2.70. The molecule has 0 radical (unpaired) electrons. The second-order valence-electron chi connectivity index (χ2n) is 5.83. The zero-order valence-corrected chi connectivity index (χ0v) is 14.0. The van der Waals surface area contributed by atoms with Crippen molar-refractivity contribution in [2.45, 2.75) is 6.54 Å². The van der Waals surface area contributed by atoms with Gasteiger partial charge in [-0.15, -0.1) is 0 Å². The first-order valence-corrected chi connectivity index (χ1v) is 8.17. The topological polar surface area (TPSA) is 92.2 Å². The Morgan fingerprint density at radius 3 is 2.74 bits per heavy atom. The first-order chi connectivity index (χ1) is 13.1. The highest BCUT2D eigenvalue weighted by Gasteiger charge is 2.12.